The maximum absolute atomic E-state index is 5.12. The molecule has 9 heterocycles. The second-order valence-corrected chi connectivity index (χ2v) is 13.7. The van der Waals surface area contributed by atoms with Crippen molar-refractivity contribution in [1.82, 2.24) is 39.0 Å². The minimum absolute atomic E-state index is 0.196. The maximum atomic E-state index is 5.12. The second-order valence-electron chi connectivity index (χ2n) is 13.7. The van der Waals surface area contributed by atoms with Gasteiger partial charge in [0, 0.05) is 59.6 Å². The number of aromatic nitrogens is 8. The number of para-hydroxylation sites is 2. The summed E-state index contributed by atoms with van der Waals surface area (Å²) in [5.41, 5.74) is 11.1. The van der Waals surface area contributed by atoms with Crippen molar-refractivity contribution >= 4 is 90.7 Å². The van der Waals surface area contributed by atoms with Gasteiger partial charge in [-0.2, -0.15) is 0 Å². The zero-order valence-corrected chi connectivity index (χ0v) is 29.1. The monoisotopic (exact) mass is 706 g/mol. The second kappa shape index (κ2) is 11.4. The number of rotatable bonds is 5. The van der Waals surface area contributed by atoms with Crippen molar-refractivity contribution in [2.24, 2.45) is 0 Å². The zero-order chi connectivity index (χ0) is 36.0. The fourth-order valence-corrected chi connectivity index (χ4v) is 8.73. The molecule has 0 bridgehead atoms. The molecule has 11 heteroatoms. The molecule has 0 unspecified atom stereocenters. The summed E-state index contributed by atoms with van der Waals surface area (Å²) < 4.78 is 4.68. The lowest BCUT2D eigenvalue weighted by Crippen LogP contribution is -2.61. The van der Waals surface area contributed by atoms with Gasteiger partial charge in [-0.1, -0.05) is 54.6 Å². The van der Waals surface area contributed by atoms with E-state index in [1.165, 1.54) is 0 Å². The van der Waals surface area contributed by atoms with E-state index in [4.69, 9.17) is 29.9 Å². The lowest BCUT2D eigenvalue weighted by Gasteiger charge is -2.39. The quantitative estimate of drug-likeness (QED) is 0.174. The summed E-state index contributed by atoms with van der Waals surface area (Å²) in [5, 5.41) is 2.19. The van der Waals surface area contributed by atoms with E-state index in [9.17, 15) is 0 Å². The minimum atomic E-state index is -0.196. The van der Waals surface area contributed by atoms with Crippen LogP contribution in [0.15, 0.2) is 165 Å². The van der Waals surface area contributed by atoms with E-state index in [1.54, 1.807) is 6.20 Å². The molecule has 256 valence electrons. The van der Waals surface area contributed by atoms with Crippen molar-refractivity contribution in [3.8, 4) is 11.5 Å². The van der Waals surface area contributed by atoms with Crippen LogP contribution in [-0.2, 0) is 0 Å². The van der Waals surface area contributed by atoms with Gasteiger partial charge in [0.1, 0.15) is 23.1 Å². The van der Waals surface area contributed by atoms with Crippen LogP contribution in [0.3, 0.4) is 0 Å². The molecule has 3 aromatic carbocycles. The normalized spacial score (nSPS) is 12.7. The van der Waals surface area contributed by atoms with Gasteiger partial charge in [-0.3, -0.25) is 28.9 Å². The highest BCUT2D eigenvalue weighted by Crippen LogP contribution is 2.46. The molecule has 10 aromatic rings. The Balaban J connectivity index is 1.29. The van der Waals surface area contributed by atoms with E-state index < -0.39 is 0 Å². The van der Waals surface area contributed by atoms with Crippen molar-refractivity contribution in [2.75, 3.05) is 9.80 Å². The fourth-order valence-electron chi connectivity index (χ4n) is 8.73. The van der Waals surface area contributed by atoms with Crippen LogP contribution in [0.1, 0.15) is 0 Å². The van der Waals surface area contributed by atoms with Crippen LogP contribution in [0.5, 0.6) is 0 Å². The fraction of sp³-hybridized carbons (Fsp3) is 0. The van der Waals surface area contributed by atoms with Crippen molar-refractivity contribution in [3.05, 3.63) is 165 Å². The number of anilines is 6. The van der Waals surface area contributed by atoms with Gasteiger partial charge >= 0.3 is 0 Å². The van der Waals surface area contributed by atoms with Gasteiger partial charge in [-0.25, -0.2) is 19.9 Å². The summed E-state index contributed by atoms with van der Waals surface area (Å²) in [5.74, 6) is 3.10. The summed E-state index contributed by atoms with van der Waals surface area (Å²) in [4.78, 5) is 34.2. The molecule has 7 aromatic heterocycles. The molecule has 0 aliphatic carbocycles. The van der Waals surface area contributed by atoms with Crippen LogP contribution in [0.4, 0.5) is 34.5 Å². The Morgan fingerprint density at radius 2 is 1.27 bits per heavy atom. The van der Waals surface area contributed by atoms with Gasteiger partial charge in [0.15, 0.2) is 5.82 Å². The van der Waals surface area contributed by atoms with E-state index in [2.05, 4.69) is 85.7 Å². The molecule has 0 amide bonds. The molecule has 0 radical (unpaired) electrons. The highest BCUT2D eigenvalue weighted by atomic mass is 15.3. The van der Waals surface area contributed by atoms with E-state index in [0.29, 0.717) is 0 Å². The first-order valence-electron chi connectivity index (χ1n) is 18.2. The number of hydrogen-bond acceptors (Lipinski definition) is 8. The molecule has 55 heavy (non-hydrogen) atoms. The molecule has 0 saturated carbocycles. The zero-order valence-electron chi connectivity index (χ0n) is 29.1. The predicted octanol–water partition coefficient (Wildman–Crippen LogP) is 7.18. The first-order valence-corrected chi connectivity index (χ1v) is 18.2. The van der Waals surface area contributed by atoms with Gasteiger partial charge in [0.25, 0.3) is 6.71 Å². The summed E-state index contributed by atoms with van der Waals surface area (Å²) in [6.07, 6.45) is 10.9. The summed E-state index contributed by atoms with van der Waals surface area (Å²) in [7, 11) is 0. The van der Waals surface area contributed by atoms with Gasteiger partial charge < -0.3 is 0 Å². The Labute approximate surface area is 314 Å². The van der Waals surface area contributed by atoms with Crippen molar-refractivity contribution < 1.29 is 0 Å². The summed E-state index contributed by atoms with van der Waals surface area (Å²) in [6.45, 7) is -0.196. The smallest absolute Gasteiger partial charge is 0.277 e. The largest absolute Gasteiger partial charge is 0.296 e. The molecule has 12 rings (SSSR count). The van der Waals surface area contributed by atoms with E-state index >= 15 is 0 Å². The van der Waals surface area contributed by atoms with Crippen LogP contribution in [0.2, 0.25) is 0 Å². The molecule has 0 fully saturated rings. The third-order valence-electron chi connectivity index (χ3n) is 10.8. The van der Waals surface area contributed by atoms with Gasteiger partial charge in [0.2, 0.25) is 0 Å². The van der Waals surface area contributed by atoms with Crippen LogP contribution in [0.25, 0.3) is 44.5 Å². The van der Waals surface area contributed by atoms with Crippen LogP contribution in [0, 0.1) is 0 Å². The molecular weight excluding hydrogens is 679 g/mol. The first kappa shape index (κ1) is 29.9. The molecule has 2 aliphatic heterocycles. The Bertz CT molecular complexity index is 3070. The standard InChI is InChI=1S/C44H27BN10/c1-2-12-28(13-3-1)52-33-26-29(53(35-17-4-7-20-46-35)36-18-5-8-21-47-36)27-34-39(33)45(42-43(52)51-25-24-50-42)31-15-10-14-30-38-40-32(16-11-23-49-40)54(37-19-6-9-22-48-37)44(38)55(34)41(30)31/h1-27H. The molecule has 0 N–H and O–H groups in total. The average molecular weight is 707 g/mol. The van der Waals surface area contributed by atoms with Crippen LogP contribution >= 0.6 is 0 Å². The Morgan fingerprint density at radius 1 is 0.545 bits per heavy atom. The lowest BCUT2D eigenvalue weighted by molar-refractivity contribution is 1.02. The highest BCUT2D eigenvalue weighted by molar-refractivity contribution is 6.99. The third-order valence-corrected chi connectivity index (χ3v) is 10.8. The molecule has 0 atom stereocenters. The Hall–Kier alpha value is -7.66. The summed E-state index contributed by atoms with van der Waals surface area (Å²) in [6, 6.07) is 43.7. The molecule has 0 saturated heterocycles. The van der Waals surface area contributed by atoms with Gasteiger partial charge in [-0.05, 0) is 83.7 Å². The topological polar surface area (TPSA) is 93.7 Å². The highest BCUT2D eigenvalue weighted by Gasteiger charge is 2.45. The SMILES string of the molecule is c1ccc(N2c3cc(N(c4ccccn4)c4ccccn4)cc4c3B(c3nccnc32)c2cccc3c5c6ncccc6n(-c6ccccn6)c5n-4c23)cc1. The molecular formula is C44H27BN10. The van der Waals surface area contributed by atoms with Gasteiger partial charge in [0.05, 0.1) is 33.2 Å². The Kier molecular flexibility index (Phi) is 6.20. The van der Waals surface area contributed by atoms with Crippen LogP contribution < -0.4 is 26.3 Å². The van der Waals surface area contributed by atoms with Crippen molar-refractivity contribution in [1.29, 1.82) is 0 Å². The number of nitrogens with zero attached hydrogens (tertiary/aromatic N) is 10. The molecule has 0 spiro atoms. The predicted molar refractivity (Wildman–Crippen MR) is 218 cm³/mol. The van der Waals surface area contributed by atoms with E-state index in [1.807, 2.05) is 91.6 Å². The average Bonchev–Trinajstić information content (AvgIpc) is 3.77. The van der Waals surface area contributed by atoms with E-state index in [0.717, 1.165) is 95.5 Å². The molecule has 2 aliphatic rings. The van der Waals surface area contributed by atoms with E-state index in [-0.39, 0.29) is 6.71 Å². The number of pyridine rings is 4. The minimum Gasteiger partial charge on any atom is -0.296 e. The van der Waals surface area contributed by atoms with Crippen molar-refractivity contribution in [2.45, 2.75) is 0 Å². The van der Waals surface area contributed by atoms with Crippen LogP contribution in [-0.4, -0.2) is 45.8 Å². The van der Waals surface area contributed by atoms with Crippen molar-refractivity contribution in [3.63, 3.8) is 0 Å². The Morgan fingerprint density at radius 3 is 2.04 bits per heavy atom. The van der Waals surface area contributed by atoms with Gasteiger partial charge in [-0.15, -0.1) is 0 Å². The number of fused-ring (bicyclic) bond motifs is 9. The summed E-state index contributed by atoms with van der Waals surface area (Å²) >= 11 is 0. The third kappa shape index (κ3) is 4.14. The number of benzene rings is 3. The molecule has 10 nitrogen and oxygen atoms in total. The first-order chi connectivity index (χ1) is 27.3. The maximum Gasteiger partial charge on any atom is 0.277 e. The lowest BCUT2D eigenvalue weighted by atomic mass is 9.35. The number of hydrogen-bond donors (Lipinski definition) is 0.